The highest BCUT2D eigenvalue weighted by Crippen LogP contribution is 2.32. The van der Waals surface area contributed by atoms with Gasteiger partial charge in [-0.2, -0.15) is 4.98 Å². The number of carbonyl (C=O) groups excluding carboxylic acids is 1. The Balaban J connectivity index is 1.33. The Kier molecular flexibility index (Phi) is 6.90. The van der Waals surface area contributed by atoms with Gasteiger partial charge in [-0.15, -0.1) is 5.10 Å². The van der Waals surface area contributed by atoms with Crippen molar-refractivity contribution >= 4 is 34.7 Å². The smallest absolute Gasteiger partial charge is 0.267 e. The van der Waals surface area contributed by atoms with E-state index in [0.29, 0.717) is 36.4 Å². The Bertz CT molecular complexity index is 1390. The molecule has 1 saturated heterocycles. The van der Waals surface area contributed by atoms with E-state index in [-0.39, 0.29) is 16.8 Å². The molecule has 2 aromatic heterocycles. The number of benzene rings is 2. The summed E-state index contributed by atoms with van der Waals surface area (Å²) in [6.45, 7) is 2.79. The summed E-state index contributed by atoms with van der Waals surface area (Å²) in [5.74, 6) is 0.317. The van der Waals surface area contributed by atoms with Gasteiger partial charge in [0.2, 0.25) is 5.95 Å². The van der Waals surface area contributed by atoms with E-state index in [1.165, 1.54) is 12.1 Å². The molecule has 37 heavy (non-hydrogen) atoms. The first-order valence-corrected chi connectivity index (χ1v) is 11.5. The van der Waals surface area contributed by atoms with Crippen molar-refractivity contribution < 1.29 is 18.3 Å². The number of nitrogens with zero attached hydrogens (tertiary/aromatic N) is 5. The largest absolute Gasteiger partial charge is 0.378 e. The Labute approximate surface area is 211 Å². The van der Waals surface area contributed by atoms with E-state index in [9.17, 15) is 13.6 Å². The average Bonchev–Trinajstić information content (AvgIpc) is 3.40. The number of amides is 1. The molecule has 1 aliphatic rings. The van der Waals surface area contributed by atoms with E-state index in [4.69, 9.17) is 10.5 Å². The number of pyridine rings is 1. The van der Waals surface area contributed by atoms with Crippen molar-refractivity contribution in [2.75, 3.05) is 41.8 Å². The molecule has 190 valence electrons. The number of aromatic nitrogens is 4. The molecule has 10 nitrogen and oxygen atoms in total. The SMILES string of the molecule is NC(=O)c1ccccc1Nc1cc(Nc2ccc(-n3cnc(N4CCOCC4)n3)cc2)ncc1C(F)F. The van der Waals surface area contributed by atoms with Crippen molar-refractivity contribution in [3.05, 3.63) is 78.2 Å². The summed E-state index contributed by atoms with van der Waals surface area (Å²) < 4.78 is 34.4. The molecule has 0 radical (unpaired) electrons. The van der Waals surface area contributed by atoms with Gasteiger partial charge in [0.15, 0.2) is 0 Å². The van der Waals surface area contributed by atoms with Crippen LogP contribution in [0.1, 0.15) is 22.3 Å². The molecule has 0 atom stereocenters. The normalized spacial score (nSPS) is 13.5. The van der Waals surface area contributed by atoms with Crippen LogP contribution in [0, 0.1) is 0 Å². The Morgan fingerprint density at radius 1 is 1.00 bits per heavy atom. The summed E-state index contributed by atoms with van der Waals surface area (Å²) in [7, 11) is 0. The van der Waals surface area contributed by atoms with Crippen LogP contribution in [-0.4, -0.2) is 52.0 Å². The summed E-state index contributed by atoms with van der Waals surface area (Å²) in [6.07, 6.45) is -0.0205. The standard InChI is InChI=1S/C25H24F2N8O2/c26-23(27)19-14-29-22(13-21(19)32-20-4-2-1-3-18(20)24(28)36)31-16-5-7-17(8-6-16)35-15-30-25(33-35)34-9-11-37-12-10-34/h1-8,13-15,23H,9-12H2,(H2,28,36)(H2,29,31,32). The quantitative estimate of drug-likeness (QED) is 0.327. The van der Waals surface area contributed by atoms with Crippen LogP contribution in [-0.2, 0) is 4.74 Å². The van der Waals surface area contributed by atoms with Crippen LogP contribution >= 0.6 is 0 Å². The van der Waals surface area contributed by atoms with Gasteiger partial charge < -0.3 is 26.0 Å². The molecule has 0 saturated carbocycles. The van der Waals surface area contributed by atoms with Crippen molar-refractivity contribution in [1.29, 1.82) is 0 Å². The summed E-state index contributed by atoms with van der Waals surface area (Å²) in [5.41, 5.74) is 7.24. The molecule has 4 N–H and O–H groups in total. The first-order valence-electron chi connectivity index (χ1n) is 11.5. The van der Waals surface area contributed by atoms with E-state index in [1.807, 2.05) is 24.3 Å². The minimum Gasteiger partial charge on any atom is -0.378 e. The molecule has 12 heteroatoms. The number of morpholine rings is 1. The monoisotopic (exact) mass is 506 g/mol. The zero-order chi connectivity index (χ0) is 25.8. The number of primary amides is 1. The number of carbonyl (C=O) groups is 1. The van der Waals surface area contributed by atoms with Crippen LogP contribution < -0.4 is 21.3 Å². The number of rotatable bonds is 8. The van der Waals surface area contributed by atoms with Gasteiger partial charge in [0, 0.05) is 31.0 Å². The second-order valence-electron chi connectivity index (χ2n) is 8.25. The molecule has 3 heterocycles. The van der Waals surface area contributed by atoms with E-state index in [1.54, 1.807) is 29.2 Å². The van der Waals surface area contributed by atoms with Crippen LogP contribution in [0.15, 0.2) is 67.1 Å². The van der Waals surface area contributed by atoms with Crippen molar-refractivity contribution in [2.45, 2.75) is 6.43 Å². The molecule has 1 amide bonds. The van der Waals surface area contributed by atoms with Gasteiger partial charge >= 0.3 is 0 Å². The molecular weight excluding hydrogens is 482 g/mol. The van der Waals surface area contributed by atoms with E-state index < -0.39 is 12.3 Å². The maximum Gasteiger partial charge on any atom is 0.267 e. The fourth-order valence-electron chi connectivity index (χ4n) is 3.90. The Hall–Kier alpha value is -4.58. The van der Waals surface area contributed by atoms with Gasteiger partial charge in [-0.05, 0) is 36.4 Å². The van der Waals surface area contributed by atoms with Gasteiger partial charge in [0.05, 0.1) is 41.4 Å². The second kappa shape index (κ2) is 10.6. The maximum atomic E-state index is 13.7. The number of para-hydroxylation sites is 1. The predicted octanol–water partition coefficient (Wildman–Crippen LogP) is 4.02. The average molecular weight is 507 g/mol. The van der Waals surface area contributed by atoms with Crippen LogP contribution in [0.2, 0.25) is 0 Å². The number of anilines is 5. The lowest BCUT2D eigenvalue weighted by molar-refractivity contribution is 0.100. The summed E-state index contributed by atoms with van der Waals surface area (Å²) in [5, 5.41) is 10.6. The lowest BCUT2D eigenvalue weighted by Gasteiger charge is -2.25. The second-order valence-corrected chi connectivity index (χ2v) is 8.25. The minimum absolute atomic E-state index is 0.107. The molecule has 0 spiro atoms. The molecular formula is C25H24F2N8O2. The maximum absolute atomic E-state index is 13.7. The van der Waals surface area contributed by atoms with Gasteiger partial charge in [-0.25, -0.2) is 18.4 Å². The third kappa shape index (κ3) is 5.48. The fraction of sp³-hybridized carbons (Fsp3) is 0.200. The fourth-order valence-corrected chi connectivity index (χ4v) is 3.90. The zero-order valence-electron chi connectivity index (χ0n) is 19.6. The van der Waals surface area contributed by atoms with E-state index in [0.717, 1.165) is 25.0 Å². The van der Waals surface area contributed by atoms with Gasteiger partial charge in [0.1, 0.15) is 12.1 Å². The molecule has 5 rings (SSSR count). The Morgan fingerprint density at radius 3 is 2.49 bits per heavy atom. The number of hydrogen-bond donors (Lipinski definition) is 3. The summed E-state index contributed by atoms with van der Waals surface area (Å²) in [4.78, 5) is 22.3. The molecule has 2 aromatic carbocycles. The first-order chi connectivity index (χ1) is 18.0. The van der Waals surface area contributed by atoms with E-state index in [2.05, 4.69) is 30.6 Å². The topological polar surface area (TPSA) is 123 Å². The number of alkyl halides is 2. The number of nitrogens with one attached hydrogen (secondary N) is 2. The first kappa shape index (κ1) is 24.1. The molecule has 0 aliphatic carbocycles. The lowest BCUT2D eigenvalue weighted by atomic mass is 10.1. The highest BCUT2D eigenvalue weighted by Gasteiger charge is 2.18. The third-order valence-electron chi connectivity index (χ3n) is 5.81. The van der Waals surface area contributed by atoms with Crippen molar-refractivity contribution in [2.24, 2.45) is 5.73 Å². The van der Waals surface area contributed by atoms with Gasteiger partial charge in [-0.3, -0.25) is 4.79 Å². The number of halogens is 2. The summed E-state index contributed by atoms with van der Waals surface area (Å²) >= 11 is 0. The molecule has 1 aliphatic heterocycles. The zero-order valence-corrected chi connectivity index (χ0v) is 19.6. The van der Waals surface area contributed by atoms with Crippen LogP contribution in [0.5, 0.6) is 0 Å². The van der Waals surface area contributed by atoms with Crippen molar-refractivity contribution in [3.63, 3.8) is 0 Å². The lowest BCUT2D eigenvalue weighted by Crippen LogP contribution is -2.37. The van der Waals surface area contributed by atoms with E-state index >= 15 is 0 Å². The molecule has 4 aromatic rings. The van der Waals surface area contributed by atoms with Crippen LogP contribution in [0.3, 0.4) is 0 Å². The Morgan fingerprint density at radius 2 is 1.76 bits per heavy atom. The molecule has 1 fully saturated rings. The minimum atomic E-state index is -2.77. The van der Waals surface area contributed by atoms with Crippen molar-refractivity contribution in [3.8, 4) is 5.69 Å². The number of ether oxygens (including phenoxy) is 1. The number of hydrogen-bond acceptors (Lipinski definition) is 8. The third-order valence-corrected chi connectivity index (χ3v) is 5.81. The number of nitrogens with two attached hydrogens (primary N) is 1. The summed E-state index contributed by atoms with van der Waals surface area (Å²) in [6, 6.07) is 15.3. The molecule has 0 unspecified atom stereocenters. The van der Waals surface area contributed by atoms with Gasteiger partial charge in [0.25, 0.3) is 12.3 Å². The predicted molar refractivity (Wildman–Crippen MR) is 135 cm³/mol. The van der Waals surface area contributed by atoms with Crippen LogP contribution in [0.25, 0.3) is 5.69 Å². The van der Waals surface area contributed by atoms with Crippen molar-refractivity contribution in [1.82, 2.24) is 19.7 Å². The highest BCUT2D eigenvalue weighted by molar-refractivity contribution is 5.99. The highest BCUT2D eigenvalue weighted by atomic mass is 19.3. The van der Waals surface area contributed by atoms with Gasteiger partial charge in [-0.1, -0.05) is 12.1 Å². The molecule has 0 bridgehead atoms. The van der Waals surface area contributed by atoms with Crippen LogP contribution in [0.4, 0.5) is 37.6 Å².